The highest BCUT2D eigenvalue weighted by atomic mass is 19.2. The number of benzene rings is 5. The van der Waals surface area contributed by atoms with Crippen LogP contribution >= 0.6 is 0 Å². The maximum absolute atomic E-state index is 15.1. The van der Waals surface area contributed by atoms with Gasteiger partial charge in [0.2, 0.25) is 17.5 Å². The van der Waals surface area contributed by atoms with Crippen molar-refractivity contribution in [3.8, 4) is 39.1 Å². The molecule has 16 heteroatoms. The number of hydrogen-bond donors (Lipinski definition) is 1. The molecule has 0 saturated carbocycles. The Hall–Kier alpha value is -4.89. The van der Waals surface area contributed by atoms with E-state index in [1.807, 2.05) is 0 Å². The average Bonchev–Trinajstić information content (AvgIpc) is 3.00. The average molecular weight is 642 g/mol. The number of hydrogen-bond acceptors (Lipinski definition) is 1. The summed E-state index contributed by atoms with van der Waals surface area (Å²) < 4.78 is 217. The molecule has 5 rings (SSSR count). The Kier molecular flexibility index (Phi) is 7.21. The Morgan fingerprint density at radius 2 is 0.614 bits per heavy atom. The third-order valence-electron chi connectivity index (χ3n) is 6.54. The maximum atomic E-state index is 15.1. The Morgan fingerprint density at radius 3 is 1.00 bits per heavy atom. The molecule has 0 heterocycles. The first-order valence-electron chi connectivity index (χ1n) is 11.4. The molecule has 0 unspecified atom stereocenters. The van der Waals surface area contributed by atoms with Gasteiger partial charge in [0.25, 0.3) is 0 Å². The first kappa shape index (κ1) is 30.6. The second kappa shape index (κ2) is 10.4. The molecule has 0 aromatic heterocycles. The minimum absolute atomic E-state index is 0.0523. The second-order valence-corrected chi connectivity index (χ2v) is 8.91. The van der Waals surface area contributed by atoms with Crippen LogP contribution in [0.25, 0.3) is 44.2 Å². The number of rotatable bonds is 3. The van der Waals surface area contributed by atoms with Crippen molar-refractivity contribution in [2.75, 3.05) is 0 Å². The fraction of sp³-hybridized carbons (Fsp3) is 0. The lowest BCUT2D eigenvalue weighted by atomic mass is 9.84. The fourth-order valence-corrected chi connectivity index (χ4v) is 4.59. The first-order valence-corrected chi connectivity index (χ1v) is 11.4. The van der Waals surface area contributed by atoms with Crippen molar-refractivity contribution in [1.82, 2.24) is 0 Å². The Morgan fingerprint density at radius 1 is 0.295 bits per heavy atom. The molecular weight excluding hydrogens is 637 g/mol. The molecule has 1 N–H and O–H groups in total. The van der Waals surface area contributed by atoms with Gasteiger partial charge in [-0.15, -0.1) is 0 Å². The molecule has 0 aliphatic heterocycles. The van der Waals surface area contributed by atoms with E-state index in [-0.39, 0.29) is 6.07 Å². The highest BCUT2D eigenvalue weighted by Gasteiger charge is 2.35. The quantitative estimate of drug-likeness (QED) is 0.118. The predicted molar refractivity (Wildman–Crippen MR) is 121 cm³/mol. The third kappa shape index (κ3) is 4.14. The van der Waals surface area contributed by atoms with Gasteiger partial charge in [0.15, 0.2) is 69.8 Å². The van der Waals surface area contributed by atoms with Gasteiger partial charge in [-0.25, -0.2) is 65.9 Å². The Labute approximate surface area is 233 Å². The molecule has 1 nitrogen and oxygen atoms in total. The van der Waals surface area contributed by atoms with Gasteiger partial charge in [-0.3, -0.25) is 0 Å². The van der Waals surface area contributed by atoms with E-state index in [9.17, 15) is 53.4 Å². The largest absolute Gasteiger partial charge is 0.508 e. The van der Waals surface area contributed by atoms with Crippen LogP contribution in [0.2, 0.25) is 0 Å². The normalized spacial score (nSPS) is 11.6. The molecule has 0 saturated heterocycles. The topological polar surface area (TPSA) is 20.2 Å². The van der Waals surface area contributed by atoms with Crippen molar-refractivity contribution in [3.63, 3.8) is 0 Å². The SMILES string of the molecule is Oc1ccc2c(-c3c(F)c(F)c(F)c(F)c3F)cc(-c3c(F)c(F)c(F)c(F)c3F)c(-c3c(F)c(F)c(F)c(F)c3F)c2c1. The second-order valence-electron chi connectivity index (χ2n) is 8.91. The molecule has 5 aromatic rings. The summed E-state index contributed by atoms with van der Waals surface area (Å²) in [5.74, 6) is -41.6. The van der Waals surface area contributed by atoms with E-state index in [1.165, 1.54) is 0 Å². The van der Waals surface area contributed by atoms with Gasteiger partial charge >= 0.3 is 0 Å². The van der Waals surface area contributed by atoms with E-state index in [2.05, 4.69) is 0 Å². The van der Waals surface area contributed by atoms with E-state index < -0.39 is 137 Å². The number of phenolic OH excluding ortho intramolecular Hbond substituents is 1. The highest BCUT2D eigenvalue weighted by molar-refractivity contribution is 6.11. The van der Waals surface area contributed by atoms with Crippen LogP contribution < -0.4 is 0 Å². The van der Waals surface area contributed by atoms with Crippen LogP contribution in [0.5, 0.6) is 5.75 Å². The summed E-state index contributed by atoms with van der Waals surface area (Å²) in [4.78, 5) is 0. The van der Waals surface area contributed by atoms with Gasteiger partial charge in [-0.1, -0.05) is 6.07 Å². The lowest BCUT2D eigenvalue weighted by Gasteiger charge is -2.21. The number of aromatic hydroxyl groups is 1. The molecule has 0 atom stereocenters. The van der Waals surface area contributed by atoms with Gasteiger partial charge in [-0.05, 0) is 40.1 Å². The van der Waals surface area contributed by atoms with Gasteiger partial charge in [-0.2, -0.15) is 0 Å². The Bertz CT molecular complexity index is 2000. The van der Waals surface area contributed by atoms with Crippen molar-refractivity contribution in [3.05, 3.63) is 112 Å². The monoisotopic (exact) mass is 642 g/mol. The summed E-state index contributed by atoms with van der Waals surface area (Å²) in [7, 11) is 0. The lowest BCUT2D eigenvalue weighted by molar-refractivity contribution is 0.380. The lowest BCUT2D eigenvalue weighted by Crippen LogP contribution is -2.09. The summed E-state index contributed by atoms with van der Waals surface area (Å²) in [5, 5.41) is 7.95. The maximum Gasteiger partial charge on any atom is 0.200 e. The van der Waals surface area contributed by atoms with E-state index in [4.69, 9.17) is 0 Å². The minimum atomic E-state index is -2.81. The molecule has 0 spiro atoms. The third-order valence-corrected chi connectivity index (χ3v) is 6.54. The van der Waals surface area contributed by atoms with Crippen molar-refractivity contribution >= 4 is 10.8 Å². The molecule has 0 bridgehead atoms. The Balaban J connectivity index is 2.16. The standard InChI is InChI=1S/C28H5F15O/c29-14-11(15(30)21(36)26(41)20(14)35)8-4-9(12-16(31)22(37)27(42)23(38)17(12)32)10(7-3-5(44)1-2-6(7)8)13-18(33)24(39)28(43)25(40)19(13)34/h1-4,44H. The van der Waals surface area contributed by atoms with Crippen LogP contribution in [-0.2, 0) is 0 Å². The molecule has 0 aliphatic rings. The zero-order valence-corrected chi connectivity index (χ0v) is 20.4. The van der Waals surface area contributed by atoms with E-state index in [0.29, 0.717) is 18.2 Å². The minimum Gasteiger partial charge on any atom is -0.508 e. The fourth-order valence-electron chi connectivity index (χ4n) is 4.59. The van der Waals surface area contributed by atoms with Gasteiger partial charge in [0, 0.05) is 5.56 Å². The smallest absolute Gasteiger partial charge is 0.200 e. The van der Waals surface area contributed by atoms with E-state index in [1.54, 1.807) is 0 Å². The number of halogens is 15. The summed E-state index contributed by atoms with van der Waals surface area (Å²) >= 11 is 0. The van der Waals surface area contributed by atoms with Crippen molar-refractivity contribution in [2.24, 2.45) is 0 Å². The van der Waals surface area contributed by atoms with E-state index >= 15 is 17.6 Å². The molecule has 0 aliphatic carbocycles. The van der Waals surface area contributed by atoms with Gasteiger partial charge in [0.1, 0.15) is 5.75 Å². The van der Waals surface area contributed by atoms with Crippen LogP contribution in [0.3, 0.4) is 0 Å². The number of fused-ring (bicyclic) bond motifs is 1. The van der Waals surface area contributed by atoms with Crippen LogP contribution in [0.15, 0.2) is 24.3 Å². The zero-order valence-electron chi connectivity index (χ0n) is 20.4. The summed E-state index contributed by atoms with van der Waals surface area (Å²) in [5.41, 5.74) is -10.9. The summed E-state index contributed by atoms with van der Waals surface area (Å²) in [6.45, 7) is 0. The van der Waals surface area contributed by atoms with Gasteiger partial charge < -0.3 is 5.11 Å². The summed E-state index contributed by atoms with van der Waals surface area (Å²) in [6.07, 6.45) is 0. The van der Waals surface area contributed by atoms with Crippen LogP contribution in [-0.4, -0.2) is 5.11 Å². The number of phenols is 1. The highest BCUT2D eigenvalue weighted by Crippen LogP contribution is 2.49. The molecule has 5 aromatic carbocycles. The van der Waals surface area contributed by atoms with Crippen LogP contribution in [0.4, 0.5) is 65.9 Å². The molecular formula is C28H5F15O. The molecule has 0 fully saturated rings. The molecule has 0 radical (unpaired) electrons. The molecule has 44 heavy (non-hydrogen) atoms. The zero-order chi connectivity index (χ0) is 32.7. The predicted octanol–water partition coefficient (Wildman–Crippen LogP) is 9.63. The van der Waals surface area contributed by atoms with Crippen molar-refractivity contribution in [1.29, 1.82) is 0 Å². The summed E-state index contributed by atoms with van der Waals surface area (Å²) in [6, 6.07) is 1.48. The van der Waals surface area contributed by atoms with Crippen molar-refractivity contribution in [2.45, 2.75) is 0 Å². The van der Waals surface area contributed by atoms with E-state index in [0.717, 1.165) is 0 Å². The van der Waals surface area contributed by atoms with Gasteiger partial charge in [0.05, 0.1) is 16.7 Å². The van der Waals surface area contributed by atoms with Crippen LogP contribution in [0, 0.1) is 87.3 Å². The molecule has 228 valence electrons. The first-order chi connectivity index (χ1) is 20.5. The molecule has 0 amide bonds. The van der Waals surface area contributed by atoms with Crippen LogP contribution in [0.1, 0.15) is 0 Å². The van der Waals surface area contributed by atoms with Crippen molar-refractivity contribution < 1.29 is 71.0 Å².